The summed E-state index contributed by atoms with van der Waals surface area (Å²) in [6.45, 7) is 1.47. The summed E-state index contributed by atoms with van der Waals surface area (Å²) in [4.78, 5) is 21.3. The average Bonchev–Trinajstić information content (AvgIpc) is 2.60. The van der Waals surface area contributed by atoms with Gasteiger partial charge in [0.15, 0.2) is 5.12 Å². The van der Waals surface area contributed by atoms with Gasteiger partial charge in [0.1, 0.15) is 0 Å². The third kappa shape index (κ3) is 3.78. The number of aromatic carboxylic acids is 1. The summed E-state index contributed by atoms with van der Waals surface area (Å²) in [6.07, 6.45) is 0. The molecule has 0 bridgehead atoms. The smallest absolute Gasteiger partial charge is 0.337 e. The van der Waals surface area contributed by atoms with Gasteiger partial charge in [0.2, 0.25) is 0 Å². The second-order valence-electron chi connectivity index (χ2n) is 2.59. The van der Waals surface area contributed by atoms with Crippen LogP contribution in [0.2, 0.25) is 0 Å². The predicted molar refractivity (Wildman–Crippen MR) is 61.3 cm³/mol. The number of carboxylic acid groups (broad SMARTS) is 1. The van der Waals surface area contributed by atoms with Gasteiger partial charge in [0.05, 0.1) is 11.3 Å². The Balaban J connectivity index is 2.67. The molecule has 0 aliphatic heterocycles. The summed E-state index contributed by atoms with van der Waals surface area (Å²) in [6, 6.07) is 0. The summed E-state index contributed by atoms with van der Waals surface area (Å²) >= 11 is 2.41. The number of carboxylic acids is 1. The van der Waals surface area contributed by atoms with Gasteiger partial charge in [-0.2, -0.15) is 11.3 Å². The zero-order valence-corrected chi connectivity index (χ0v) is 9.58. The lowest BCUT2D eigenvalue weighted by atomic mass is 10.2. The molecule has 1 rings (SSSR count). The lowest BCUT2D eigenvalue weighted by molar-refractivity contribution is -0.109. The fourth-order valence-corrected chi connectivity index (χ4v) is 1.93. The Hall–Kier alpha value is -1.25. The van der Waals surface area contributed by atoms with Crippen LogP contribution >= 0.6 is 23.1 Å². The van der Waals surface area contributed by atoms with Crippen LogP contribution in [0, 0.1) is 11.8 Å². The molecule has 0 amide bonds. The van der Waals surface area contributed by atoms with Gasteiger partial charge in [-0.05, 0) is 0 Å². The molecule has 1 aromatic heterocycles. The van der Waals surface area contributed by atoms with E-state index in [-0.39, 0.29) is 10.7 Å². The van der Waals surface area contributed by atoms with Gasteiger partial charge in [-0.15, -0.1) is 0 Å². The summed E-state index contributed by atoms with van der Waals surface area (Å²) in [7, 11) is 0. The van der Waals surface area contributed by atoms with Crippen LogP contribution in [0.25, 0.3) is 0 Å². The molecule has 78 valence electrons. The highest BCUT2D eigenvalue weighted by Crippen LogP contribution is 2.13. The molecular weight excluding hydrogens is 232 g/mol. The molecule has 0 spiro atoms. The Morgan fingerprint density at radius 3 is 2.87 bits per heavy atom. The van der Waals surface area contributed by atoms with Crippen molar-refractivity contribution >= 4 is 34.2 Å². The first-order valence-corrected chi connectivity index (χ1v) is 5.96. The predicted octanol–water partition coefficient (Wildman–Crippen LogP) is 2.08. The summed E-state index contributed by atoms with van der Waals surface area (Å²) in [5.41, 5.74) is 0.733. The van der Waals surface area contributed by atoms with Gasteiger partial charge in [0, 0.05) is 23.2 Å². The number of carbonyl (C=O) groups is 2. The molecule has 0 aromatic carbocycles. The standard InChI is InChI=1S/C10H8O3S2/c1-7(11)15-4-2-3-8-5-14-6-9(8)10(12)13/h5-6H,4H2,1H3,(H,12,13). The summed E-state index contributed by atoms with van der Waals surface area (Å²) < 4.78 is 0. The normalized spacial score (nSPS) is 9.13. The molecule has 3 nitrogen and oxygen atoms in total. The molecule has 0 aliphatic carbocycles. The van der Waals surface area contributed by atoms with Gasteiger partial charge in [-0.1, -0.05) is 23.6 Å². The Labute approximate surface area is 95.5 Å². The van der Waals surface area contributed by atoms with Crippen molar-refractivity contribution in [3.05, 3.63) is 21.9 Å². The molecule has 0 radical (unpaired) electrons. The van der Waals surface area contributed by atoms with Crippen molar-refractivity contribution in [1.82, 2.24) is 0 Å². The van der Waals surface area contributed by atoms with E-state index < -0.39 is 5.97 Å². The topological polar surface area (TPSA) is 54.4 Å². The minimum atomic E-state index is -0.972. The third-order valence-electron chi connectivity index (χ3n) is 1.46. The fourth-order valence-electron chi connectivity index (χ4n) is 0.829. The average molecular weight is 240 g/mol. The number of thiophene rings is 1. The zero-order valence-electron chi connectivity index (χ0n) is 7.94. The molecule has 0 saturated heterocycles. The largest absolute Gasteiger partial charge is 0.478 e. The maximum atomic E-state index is 10.7. The molecule has 0 atom stereocenters. The molecule has 15 heavy (non-hydrogen) atoms. The van der Waals surface area contributed by atoms with Crippen LogP contribution < -0.4 is 0 Å². The number of hydrogen-bond donors (Lipinski definition) is 1. The van der Waals surface area contributed by atoms with Gasteiger partial charge in [0.25, 0.3) is 0 Å². The quantitative estimate of drug-likeness (QED) is 0.804. The van der Waals surface area contributed by atoms with Crippen molar-refractivity contribution in [1.29, 1.82) is 0 Å². The molecule has 1 heterocycles. The van der Waals surface area contributed by atoms with Crippen molar-refractivity contribution in [2.45, 2.75) is 6.92 Å². The van der Waals surface area contributed by atoms with E-state index in [4.69, 9.17) is 5.11 Å². The summed E-state index contributed by atoms with van der Waals surface area (Å²) in [5.74, 6) is 4.91. The Kier molecular flexibility index (Phi) is 4.40. The number of rotatable bonds is 2. The van der Waals surface area contributed by atoms with Crippen LogP contribution in [-0.2, 0) is 4.79 Å². The minimum Gasteiger partial charge on any atom is -0.478 e. The zero-order chi connectivity index (χ0) is 11.3. The summed E-state index contributed by atoms with van der Waals surface area (Å²) in [5, 5.41) is 12.0. The first kappa shape index (κ1) is 11.8. The van der Waals surface area contributed by atoms with Crippen molar-refractivity contribution in [2.24, 2.45) is 0 Å². The maximum absolute atomic E-state index is 10.7. The van der Waals surface area contributed by atoms with E-state index >= 15 is 0 Å². The molecule has 0 aliphatic rings. The Morgan fingerprint density at radius 1 is 1.53 bits per heavy atom. The van der Waals surface area contributed by atoms with E-state index in [9.17, 15) is 9.59 Å². The van der Waals surface area contributed by atoms with Gasteiger partial charge in [-0.3, -0.25) is 4.79 Å². The van der Waals surface area contributed by atoms with E-state index in [2.05, 4.69) is 11.8 Å². The number of carbonyl (C=O) groups excluding carboxylic acids is 1. The molecule has 0 fully saturated rings. The lowest BCUT2D eigenvalue weighted by Gasteiger charge is -1.88. The molecular formula is C10H8O3S2. The van der Waals surface area contributed by atoms with Crippen LogP contribution in [-0.4, -0.2) is 21.9 Å². The van der Waals surface area contributed by atoms with Crippen molar-refractivity contribution in [3.63, 3.8) is 0 Å². The maximum Gasteiger partial charge on any atom is 0.337 e. The highest BCUT2D eigenvalue weighted by Gasteiger charge is 2.08. The second-order valence-corrected chi connectivity index (χ2v) is 4.48. The first-order chi connectivity index (χ1) is 7.11. The van der Waals surface area contributed by atoms with Crippen LogP contribution in [0.4, 0.5) is 0 Å². The van der Waals surface area contributed by atoms with Crippen LogP contribution in [0.15, 0.2) is 10.8 Å². The van der Waals surface area contributed by atoms with E-state index in [0.29, 0.717) is 11.3 Å². The SMILES string of the molecule is CC(=O)SCC#Cc1cscc1C(=O)O. The first-order valence-electron chi connectivity index (χ1n) is 4.03. The van der Waals surface area contributed by atoms with Crippen molar-refractivity contribution in [2.75, 3.05) is 5.75 Å². The molecule has 0 unspecified atom stereocenters. The van der Waals surface area contributed by atoms with E-state index in [1.165, 1.54) is 18.3 Å². The van der Waals surface area contributed by atoms with Crippen molar-refractivity contribution < 1.29 is 14.7 Å². The van der Waals surface area contributed by atoms with Crippen LogP contribution in [0.3, 0.4) is 0 Å². The van der Waals surface area contributed by atoms with E-state index in [1.54, 1.807) is 10.8 Å². The second kappa shape index (κ2) is 5.59. The minimum absolute atomic E-state index is 0.00748. The number of thioether (sulfide) groups is 1. The van der Waals surface area contributed by atoms with E-state index in [0.717, 1.165) is 11.8 Å². The molecule has 1 N–H and O–H groups in total. The van der Waals surface area contributed by atoms with Gasteiger partial charge >= 0.3 is 5.97 Å². The van der Waals surface area contributed by atoms with E-state index in [1.807, 2.05) is 0 Å². The van der Waals surface area contributed by atoms with Gasteiger partial charge in [-0.25, -0.2) is 4.79 Å². The molecule has 0 saturated carbocycles. The van der Waals surface area contributed by atoms with Gasteiger partial charge < -0.3 is 5.11 Å². The molecule has 1 aromatic rings. The lowest BCUT2D eigenvalue weighted by Crippen LogP contribution is -1.95. The Morgan fingerprint density at radius 2 is 2.27 bits per heavy atom. The molecule has 5 heteroatoms. The third-order valence-corrected chi connectivity index (χ3v) is 2.90. The highest BCUT2D eigenvalue weighted by atomic mass is 32.2. The fraction of sp³-hybridized carbons (Fsp3) is 0.200. The highest BCUT2D eigenvalue weighted by molar-refractivity contribution is 8.13. The monoisotopic (exact) mass is 240 g/mol. The number of hydrogen-bond acceptors (Lipinski definition) is 4. The van der Waals surface area contributed by atoms with Crippen LogP contribution in [0.1, 0.15) is 22.8 Å². The van der Waals surface area contributed by atoms with Crippen molar-refractivity contribution in [3.8, 4) is 11.8 Å². The Bertz CT molecular complexity index is 437. The van der Waals surface area contributed by atoms with Crippen LogP contribution in [0.5, 0.6) is 0 Å².